The summed E-state index contributed by atoms with van der Waals surface area (Å²) in [7, 11) is -2.59. The van der Waals surface area contributed by atoms with Gasteiger partial charge in [0.1, 0.15) is 0 Å². The molecule has 0 aromatic carbocycles. The summed E-state index contributed by atoms with van der Waals surface area (Å²) in [6.45, 7) is 17.7. The molecule has 0 unspecified atom stereocenters. The molecule has 2 aliphatic rings. The third-order valence-corrected chi connectivity index (χ3v) is 24.3. The molecule has 0 atom stereocenters. The fraction of sp³-hybridized carbons (Fsp3) is 0.950. The van der Waals surface area contributed by atoms with Gasteiger partial charge in [-0.2, -0.15) is 0 Å². The zero-order valence-electron chi connectivity index (χ0n) is 18.6. The van der Waals surface area contributed by atoms with Crippen molar-refractivity contribution in [2.24, 2.45) is 4.99 Å². The number of nitrogens with zero attached hydrogens (tertiary/aromatic N) is 3. The zero-order chi connectivity index (χ0) is 19.4. The van der Waals surface area contributed by atoms with E-state index < -0.39 is 16.5 Å². The molecule has 6 heteroatoms. The second-order valence-electron chi connectivity index (χ2n) is 10.4. The van der Waals surface area contributed by atoms with Crippen molar-refractivity contribution in [2.45, 2.75) is 122 Å². The fourth-order valence-electron chi connectivity index (χ4n) is 4.71. The average molecular weight is 454 g/mol. The fourth-order valence-corrected chi connectivity index (χ4v) is 20.0. The van der Waals surface area contributed by atoms with Gasteiger partial charge < -0.3 is 0 Å². The summed E-state index contributed by atoms with van der Waals surface area (Å²) in [4.78, 5) is 5.31. The summed E-state index contributed by atoms with van der Waals surface area (Å²) in [5.74, 6) is 1.39. The monoisotopic (exact) mass is 455 g/mol. The summed E-state index contributed by atoms with van der Waals surface area (Å²) >= 11 is -0.291. The maximum absolute atomic E-state index is 5.31. The van der Waals surface area contributed by atoms with Crippen molar-refractivity contribution in [3.63, 3.8) is 0 Å². The standard InChI is InChI=1S/C20H43GeN3Si2/c1-18(22-19-14-10-8-11-15-19)23(20-16-12-9-13-17-20)21-24(25(2,3)4)26(5,6)7/h19-20H,8-17H2,1-7H3. The molecule has 2 saturated carbocycles. The van der Waals surface area contributed by atoms with Crippen LogP contribution in [0.3, 0.4) is 0 Å². The molecule has 3 nitrogen and oxygen atoms in total. The van der Waals surface area contributed by atoms with Crippen molar-refractivity contribution in [3.8, 4) is 0 Å². The van der Waals surface area contributed by atoms with Crippen LogP contribution < -0.4 is 0 Å². The first kappa shape index (κ1) is 22.7. The molecule has 0 saturated heterocycles. The van der Waals surface area contributed by atoms with E-state index in [0.29, 0.717) is 6.04 Å². The Morgan fingerprint density at radius 3 is 1.69 bits per heavy atom. The molecular weight excluding hydrogens is 411 g/mol. The molecule has 0 spiro atoms. The molecule has 0 N–H and O–H groups in total. The van der Waals surface area contributed by atoms with Crippen molar-refractivity contribution in [2.75, 3.05) is 0 Å². The summed E-state index contributed by atoms with van der Waals surface area (Å²) in [6.07, 6.45) is 13.9. The second-order valence-corrected chi connectivity index (χ2v) is 24.7. The van der Waals surface area contributed by atoms with Gasteiger partial charge in [0.2, 0.25) is 0 Å². The maximum atomic E-state index is 5.31. The number of aliphatic imine (C=N–C) groups is 1. The van der Waals surface area contributed by atoms with Crippen molar-refractivity contribution < 1.29 is 0 Å². The van der Waals surface area contributed by atoms with Crippen LogP contribution in [-0.2, 0) is 0 Å². The molecule has 26 heavy (non-hydrogen) atoms. The van der Waals surface area contributed by atoms with Crippen molar-refractivity contribution >= 4 is 38.2 Å². The van der Waals surface area contributed by atoms with E-state index in [9.17, 15) is 0 Å². The van der Waals surface area contributed by atoms with E-state index in [4.69, 9.17) is 4.99 Å². The summed E-state index contributed by atoms with van der Waals surface area (Å²) in [5.41, 5.74) is 0. The Morgan fingerprint density at radius 2 is 1.23 bits per heavy atom. The zero-order valence-corrected chi connectivity index (χ0v) is 22.7. The predicted molar refractivity (Wildman–Crippen MR) is 123 cm³/mol. The Labute approximate surface area is 172 Å². The van der Waals surface area contributed by atoms with Crippen LogP contribution in [0.1, 0.15) is 71.1 Å². The molecule has 0 bridgehead atoms. The topological polar surface area (TPSA) is 18.8 Å². The van der Waals surface area contributed by atoms with Crippen LogP contribution in [0.4, 0.5) is 0 Å². The Bertz CT molecular complexity index is 445. The first-order valence-corrected chi connectivity index (χ1v) is 19.8. The van der Waals surface area contributed by atoms with Crippen molar-refractivity contribution in [3.05, 3.63) is 0 Å². The summed E-state index contributed by atoms with van der Waals surface area (Å²) in [5, 5.41) is 0. The van der Waals surface area contributed by atoms with Gasteiger partial charge in [0.25, 0.3) is 0 Å². The molecule has 150 valence electrons. The predicted octanol–water partition coefficient (Wildman–Crippen LogP) is 5.88. The van der Waals surface area contributed by atoms with Gasteiger partial charge in [-0.3, -0.25) is 0 Å². The number of hydrogen-bond donors (Lipinski definition) is 0. The van der Waals surface area contributed by atoms with E-state index >= 15 is 0 Å². The molecule has 0 aromatic heterocycles. The number of rotatable bonds is 6. The SMILES string of the molecule is CC(=NC1CCCCC1)[N]([Ge][N]([Si](C)(C)C)[Si](C)(C)C)C1CCCCC1. The molecule has 2 radical (unpaired) electrons. The van der Waals surface area contributed by atoms with Gasteiger partial charge in [-0.05, 0) is 0 Å². The third-order valence-electron chi connectivity index (χ3n) is 5.78. The molecule has 0 heterocycles. The normalized spacial score (nSPS) is 22.1. The first-order chi connectivity index (χ1) is 12.1. The van der Waals surface area contributed by atoms with Crippen LogP contribution >= 0.6 is 0 Å². The minimum atomic E-state index is -1.29. The van der Waals surface area contributed by atoms with E-state index in [0.717, 1.165) is 6.04 Å². The van der Waals surface area contributed by atoms with Gasteiger partial charge >= 0.3 is 173 Å². The number of amidine groups is 1. The summed E-state index contributed by atoms with van der Waals surface area (Å²) < 4.78 is 5.93. The van der Waals surface area contributed by atoms with Gasteiger partial charge in [0.15, 0.2) is 0 Å². The van der Waals surface area contributed by atoms with Gasteiger partial charge in [0, 0.05) is 0 Å². The summed E-state index contributed by atoms with van der Waals surface area (Å²) in [6, 6.07) is 1.37. The van der Waals surface area contributed by atoms with Crippen LogP contribution in [0.2, 0.25) is 39.3 Å². The average Bonchev–Trinajstić information content (AvgIpc) is 2.54. The molecule has 2 fully saturated rings. The van der Waals surface area contributed by atoms with E-state index in [-0.39, 0.29) is 15.9 Å². The van der Waals surface area contributed by atoms with E-state index in [2.05, 4.69) is 53.3 Å². The van der Waals surface area contributed by atoms with Crippen LogP contribution in [-0.4, -0.2) is 57.3 Å². The van der Waals surface area contributed by atoms with Crippen molar-refractivity contribution in [1.29, 1.82) is 0 Å². The first-order valence-electron chi connectivity index (χ1n) is 11.0. The Morgan fingerprint density at radius 1 is 0.769 bits per heavy atom. The third kappa shape index (κ3) is 6.78. The van der Waals surface area contributed by atoms with Crippen LogP contribution in [0, 0.1) is 0 Å². The molecular formula is C20H43GeN3Si2. The molecule has 0 aromatic rings. The minimum absolute atomic E-state index is 0.291. The quantitative estimate of drug-likeness (QED) is 0.284. The molecule has 2 rings (SSSR count). The van der Waals surface area contributed by atoms with Crippen LogP contribution in [0.15, 0.2) is 4.99 Å². The molecule has 2 aliphatic carbocycles. The Balaban J connectivity index is 2.23. The van der Waals surface area contributed by atoms with E-state index in [1.807, 2.05) is 0 Å². The van der Waals surface area contributed by atoms with Gasteiger partial charge in [-0.1, -0.05) is 0 Å². The van der Waals surface area contributed by atoms with Gasteiger partial charge in [0.05, 0.1) is 0 Å². The van der Waals surface area contributed by atoms with Gasteiger partial charge in [-0.15, -0.1) is 0 Å². The second kappa shape index (κ2) is 9.75. The van der Waals surface area contributed by atoms with E-state index in [1.54, 1.807) is 0 Å². The van der Waals surface area contributed by atoms with Crippen LogP contribution in [0.25, 0.3) is 0 Å². The molecule has 0 amide bonds. The van der Waals surface area contributed by atoms with E-state index in [1.165, 1.54) is 70.0 Å². The molecule has 0 aliphatic heterocycles. The van der Waals surface area contributed by atoms with Gasteiger partial charge in [-0.25, -0.2) is 0 Å². The van der Waals surface area contributed by atoms with Crippen LogP contribution in [0.5, 0.6) is 0 Å². The number of hydrogen-bond acceptors (Lipinski definition) is 2. The Hall–Kier alpha value is 0.407. The van der Waals surface area contributed by atoms with Crippen molar-refractivity contribution in [1.82, 2.24) is 7.05 Å². The Kier molecular flexibility index (Phi) is 8.51.